The van der Waals surface area contributed by atoms with Crippen LogP contribution in [0.5, 0.6) is 0 Å². The first kappa shape index (κ1) is 11.1. The quantitative estimate of drug-likeness (QED) is 0.793. The number of nitrogens with zero attached hydrogens (tertiary/aromatic N) is 3. The number of rotatable bonds is 3. The van der Waals surface area contributed by atoms with Crippen LogP contribution in [0.1, 0.15) is 19.8 Å². The summed E-state index contributed by atoms with van der Waals surface area (Å²) in [6.45, 7) is 4.39. The van der Waals surface area contributed by atoms with Crippen molar-refractivity contribution in [2.75, 3.05) is 18.0 Å². The third-order valence-electron chi connectivity index (χ3n) is 2.79. The largest absolute Gasteiger partial charge is 0.370 e. The molecule has 1 aromatic heterocycles. The minimum absolute atomic E-state index is 0.0529. The highest BCUT2D eigenvalue weighted by Crippen LogP contribution is 2.16. The second-order valence-electron chi connectivity index (χ2n) is 4.41. The molecule has 0 bridgehead atoms. The highest BCUT2D eigenvalue weighted by Gasteiger charge is 2.13. The molecule has 88 valence electrons. The fourth-order valence-electron chi connectivity index (χ4n) is 1.98. The van der Waals surface area contributed by atoms with Crippen molar-refractivity contribution in [3.05, 3.63) is 22.6 Å². The SMILES string of the molecule is C[C@@H](N)Cn1ncc(N2CCCC2)cc1=O. The van der Waals surface area contributed by atoms with Gasteiger partial charge in [0.1, 0.15) is 0 Å². The zero-order valence-corrected chi connectivity index (χ0v) is 9.59. The summed E-state index contributed by atoms with van der Waals surface area (Å²) in [4.78, 5) is 13.9. The lowest BCUT2D eigenvalue weighted by Gasteiger charge is -2.17. The molecule has 1 aromatic rings. The molecule has 0 aliphatic carbocycles. The van der Waals surface area contributed by atoms with Crippen LogP contribution in [0.4, 0.5) is 5.69 Å². The van der Waals surface area contributed by atoms with Gasteiger partial charge in [0.15, 0.2) is 0 Å². The Bertz CT molecular complexity index is 407. The molecule has 2 N–H and O–H groups in total. The third-order valence-corrected chi connectivity index (χ3v) is 2.79. The van der Waals surface area contributed by atoms with E-state index in [1.165, 1.54) is 17.5 Å². The van der Waals surface area contributed by atoms with Gasteiger partial charge < -0.3 is 10.6 Å². The van der Waals surface area contributed by atoms with E-state index in [1.54, 1.807) is 12.3 Å². The van der Waals surface area contributed by atoms with E-state index >= 15 is 0 Å². The van der Waals surface area contributed by atoms with Crippen LogP contribution >= 0.6 is 0 Å². The lowest BCUT2D eigenvalue weighted by molar-refractivity contribution is 0.513. The molecular weight excluding hydrogens is 204 g/mol. The van der Waals surface area contributed by atoms with Crippen LogP contribution in [0, 0.1) is 0 Å². The van der Waals surface area contributed by atoms with E-state index in [0.29, 0.717) is 6.54 Å². The van der Waals surface area contributed by atoms with Crippen molar-refractivity contribution in [2.45, 2.75) is 32.4 Å². The Morgan fingerprint density at radius 1 is 1.50 bits per heavy atom. The zero-order valence-electron chi connectivity index (χ0n) is 9.59. The maximum Gasteiger partial charge on any atom is 0.268 e. The van der Waals surface area contributed by atoms with Crippen molar-refractivity contribution in [1.82, 2.24) is 9.78 Å². The van der Waals surface area contributed by atoms with Gasteiger partial charge in [-0.3, -0.25) is 4.79 Å². The van der Waals surface area contributed by atoms with Gasteiger partial charge in [-0.15, -0.1) is 0 Å². The maximum atomic E-state index is 11.8. The van der Waals surface area contributed by atoms with Crippen molar-refractivity contribution in [3.63, 3.8) is 0 Å². The maximum absolute atomic E-state index is 11.8. The predicted molar refractivity (Wildman–Crippen MR) is 63.6 cm³/mol. The van der Waals surface area contributed by atoms with E-state index in [1.807, 2.05) is 6.92 Å². The highest BCUT2D eigenvalue weighted by molar-refractivity contribution is 5.43. The van der Waals surface area contributed by atoms with Crippen LogP contribution in [-0.2, 0) is 6.54 Å². The summed E-state index contributed by atoms with van der Waals surface area (Å²) >= 11 is 0. The van der Waals surface area contributed by atoms with Crippen LogP contribution in [-0.4, -0.2) is 28.9 Å². The predicted octanol–water partition coefficient (Wildman–Crippen LogP) is 0.191. The van der Waals surface area contributed by atoms with Gasteiger partial charge in [-0.2, -0.15) is 5.10 Å². The van der Waals surface area contributed by atoms with Gasteiger partial charge in [0, 0.05) is 25.2 Å². The molecule has 2 heterocycles. The van der Waals surface area contributed by atoms with Gasteiger partial charge in [0.2, 0.25) is 0 Å². The average molecular weight is 222 g/mol. The topological polar surface area (TPSA) is 64.2 Å². The van der Waals surface area contributed by atoms with Crippen molar-refractivity contribution in [3.8, 4) is 0 Å². The molecule has 2 rings (SSSR count). The van der Waals surface area contributed by atoms with E-state index in [4.69, 9.17) is 5.73 Å². The first-order valence-corrected chi connectivity index (χ1v) is 5.74. The number of nitrogens with two attached hydrogens (primary N) is 1. The Labute approximate surface area is 94.9 Å². The Kier molecular flexibility index (Phi) is 3.24. The molecule has 0 unspecified atom stereocenters. The monoisotopic (exact) mass is 222 g/mol. The summed E-state index contributed by atoms with van der Waals surface area (Å²) in [5, 5.41) is 4.15. The minimum atomic E-state index is -0.0679. The van der Waals surface area contributed by atoms with Gasteiger partial charge in [-0.1, -0.05) is 0 Å². The summed E-state index contributed by atoms with van der Waals surface area (Å²) in [5.74, 6) is 0. The van der Waals surface area contributed by atoms with Gasteiger partial charge in [0.05, 0.1) is 18.4 Å². The molecule has 1 atom stereocenters. The van der Waals surface area contributed by atoms with Crippen molar-refractivity contribution in [2.24, 2.45) is 5.73 Å². The molecule has 0 amide bonds. The second kappa shape index (κ2) is 4.65. The Morgan fingerprint density at radius 3 is 2.75 bits per heavy atom. The van der Waals surface area contributed by atoms with E-state index in [2.05, 4.69) is 10.00 Å². The highest BCUT2D eigenvalue weighted by atomic mass is 16.1. The van der Waals surface area contributed by atoms with Crippen LogP contribution in [0.15, 0.2) is 17.1 Å². The fraction of sp³-hybridized carbons (Fsp3) is 0.636. The lowest BCUT2D eigenvalue weighted by Crippen LogP contribution is -2.32. The molecule has 0 aromatic carbocycles. The summed E-state index contributed by atoms with van der Waals surface area (Å²) in [5.41, 5.74) is 6.51. The molecule has 1 aliphatic rings. The van der Waals surface area contributed by atoms with Crippen molar-refractivity contribution < 1.29 is 0 Å². The normalized spacial score (nSPS) is 17.8. The first-order valence-electron chi connectivity index (χ1n) is 5.74. The molecule has 5 heteroatoms. The fourth-order valence-corrected chi connectivity index (χ4v) is 1.98. The van der Waals surface area contributed by atoms with Crippen LogP contribution < -0.4 is 16.2 Å². The molecule has 1 saturated heterocycles. The molecule has 1 aliphatic heterocycles. The molecule has 1 fully saturated rings. The lowest BCUT2D eigenvalue weighted by atomic mass is 10.3. The van der Waals surface area contributed by atoms with Crippen molar-refractivity contribution in [1.29, 1.82) is 0 Å². The third kappa shape index (κ3) is 2.41. The van der Waals surface area contributed by atoms with Gasteiger partial charge >= 0.3 is 0 Å². The summed E-state index contributed by atoms with van der Waals surface area (Å²) in [6, 6.07) is 1.60. The van der Waals surface area contributed by atoms with Crippen molar-refractivity contribution >= 4 is 5.69 Å². The number of anilines is 1. The molecule has 16 heavy (non-hydrogen) atoms. The van der Waals surface area contributed by atoms with Crippen LogP contribution in [0.2, 0.25) is 0 Å². The zero-order chi connectivity index (χ0) is 11.5. The van der Waals surface area contributed by atoms with Gasteiger partial charge in [0.25, 0.3) is 5.56 Å². The Hall–Kier alpha value is -1.36. The number of hydrogen-bond donors (Lipinski definition) is 1. The Morgan fingerprint density at radius 2 is 2.19 bits per heavy atom. The second-order valence-corrected chi connectivity index (χ2v) is 4.41. The summed E-state index contributed by atoms with van der Waals surface area (Å²) < 4.78 is 1.42. The smallest absolute Gasteiger partial charge is 0.268 e. The molecule has 0 radical (unpaired) electrons. The standard InChI is InChI=1S/C11H18N4O/c1-9(12)8-15-11(16)6-10(7-13-15)14-4-2-3-5-14/h6-7,9H,2-5,8,12H2,1H3/t9-/m1/s1. The van der Waals surface area contributed by atoms with E-state index in [-0.39, 0.29) is 11.6 Å². The molecule has 0 spiro atoms. The number of aromatic nitrogens is 2. The van der Waals surface area contributed by atoms with Crippen LogP contribution in [0.3, 0.4) is 0 Å². The Balaban J connectivity index is 2.18. The van der Waals surface area contributed by atoms with E-state index < -0.39 is 0 Å². The number of hydrogen-bond acceptors (Lipinski definition) is 4. The average Bonchev–Trinajstić information content (AvgIpc) is 2.73. The first-order chi connectivity index (χ1) is 7.66. The van der Waals surface area contributed by atoms with Gasteiger partial charge in [-0.05, 0) is 19.8 Å². The summed E-state index contributed by atoms with van der Waals surface area (Å²) in [6.07, 6.45) is 4.15. The van der Waals surface area contributed by atoms with E-state index in [0.717, 1.165) is 18.8 Å². The molecule has 0 saturated carbocycles. The minimum Gasteiger partial charge on any atom is -0.370 e. The summed E-state index contributed by atoms with van der Waals surface area (Å²) in [7, 11) is 0. The van der Waals surface area contributed by atoms with Gasteiger partial charge in [-0.25, -0.2) is 4.68 Å². The molecular formula is C11H18N4O. The molecule has 5 nitrogen and oxygen atoms in total. The van der Waals surface area contributed by atoms with E-state index in [9.17, 15) is 4.79 Å². The van der Waals surface area contributed by atoms with Crippen LogP contribution in [0.25, 0.3) is 0 Å².